The number of nitrogens with zero attached hydrogens (tertiary/aromatic N) is 4. The van der Waals surface area contributed by atoms with Gasteiger partial charge in [-0.1, -0.05) is 18.2 Å². The van der Waals surface area contributed by atoms with Crippen LogP contribution in [0.15, 0.2) is 42.5 Å². The molecule has 32 heavy (non-hydrogen) atoms. The topological polar surface area (TPSA) is 114 Å². The predicted octanol–water partition coefficient (Wildman–Crippen LogP) is 2.00. The van der Waals surface area contributed by atoms with Gasteiger partial charge in [0.2, 0.25) is 11.9 Å². The molecule has 166 valence electrons. The molecule has 0 radical (unpaired) electrons. The van der Waals surface area contributed by atoms with Gasteiger partial charge in [-0.25, -0.2) is 12.9 Å². The van der Waals surface area contributed by atoms with Crippen molar-refractivity contribution in [3.8, 4) is 11.3 Å². The highest BCUT2D eigenvalue weighted by molar-refractivity contribution is 7.91. The number of rotatable bonds is 5. The Labute approximate surface area is 185 Å². The SMILES string of the molecule is CN(C(=O)c1ccc(-c2cccc3nc(NC(=O)C4CC4)nn23)cc1)C1CCS(=O)(=O)C1. The normalized spacial score (nSPS) is 19.7. The smallest absolute Gasteiger partial charge is 0.253 e. The van der Waals surface area contributed by atoms with Crippen molar-refractivity contribution >= 4 is 33.2 Å². The number of nitrogens with one attached hydrogen (secondary N) is 1. The number of carbonyl (C=O) groups excluding carboxylic acids is 2. The number of fused-ring (bicyclic) bond motifs is 1. The number of pyridine rings is 1. The zero-order valence-corrected chi connectivity index (χ0v) is 18.4. The molecule has 0 bridgehead atoms. The Hall–Kier alpha value is -3.27. The Morgan fingerprint density at radius 2 is 1.84 bits per heavy atom. The van der Waals surface area contributed by atoms with E-state index in [0.29, 0.717) is 17.6 Å². The average Bonchev–Trinajstić information content (AvgIpc) is 3.46. The molecule has 5 rings (SSSR count). The Kier molecular flexibility index (Phi) is 4.96. The van der Waals surface area contributed by atoms with E-state index in [9.17, 15) is 18.0 Å². The zero-order chi connectivity index (χ0) is 22.5. The first kappa shape index (κ1) is 20.6. The van der Waals surface area contributed by atoms with Crippen LogP contribution in [0.4, 0.5) is 5.95 Å². The maximum absolute atomic E-state index is 12.8. The fourth-order valence-electron chi connectivity index (χ4n) is 3.97. The lowest BCUT2D eigenvalue weighted by Crippen LogP contribution is -2.37. The molecule has 3 heterocycles. The molecule has 1 saturated carbocycles. The minimum Gasteiger partial charge on any atom is -0.338 e. The lowest BCUT2D eigenvalue weighted by Gasteiger charge is -2.23. The molecule has 2 aromatic heterocycles. The van der Waals surface area contributed by atoms with Gasteiger partial charge in [0, 0.05) is 30.1 Å². The summed E-state index contributed by atoms with van der Waals surface area (Å²) in [4.78, 5) is 30.8. The maximum atomic E-state index is 12.8. The number of hydrogen-bond donors (Lipinski definition) is 1. The largest absolute Gasteiger partial charge is 0.338 e. The fourth-order valence-corrected chi connectivity index (χ4v) is 5.74. The van der Waals surface area contributed by atoms with Crippen molar-refractivity contribution in [3.05, 3.63) is 48.0 Å². The van der Waals surface area contributed by atoms with Crippen molar-refractivity contribution in [2.75, 3.05) is 23.9 Å². The van der Waals surface area contributed by atoms with Crippen molar-refractivity contribution in [1.29, 1.82) is 0 Å². The van der Waals surface area contributed by atoms with Crippen molar-refractivity contribution in [3.63, 3.8) is 0 Å². The number of benzene rings is 1. The van der Waals surface area contributed by atoms with Gasteiger partial charge in [0.1, 0.15) is 0 Å². The summed E-state index contributed by atoms with van der Waals surface area (Å²) < 4.78 is 25.1. The van der Waals surface area contributed by atoms with Gasteiger partial charge in [0.25, 0.3) is 5.91 Å². The van der Waals surface area contributed by atoms with Crippen molar-refractivity contribution in [2.45, 2.75) is 25.3 Å². The third-order valence-electron chi connectivity index (χ3n) is 6.05. The second kappa shape index (κ2) is 7.70. The summed E-state index contributed by atoms with van der Waals surface area (Å²) in [6, 6.07) is 12.4. The lowest BCUT2D eigenvalue weighted by atomic mass is 10.1. The van der Waals surface area contributed by atoms with Crippen LogP contribution in [0.5, 0.6) is 0 Å². The molecule has 9 nitrogen and oxygen atoms in total. The number of anilines is 1. The molecule has 1 atom stereocenters. The molecule has 10 heteroatoms. The highest BCUT2D eigenvalue weighted by Crippen LogP contribution is 2.30. The summed E-state index contributed by atoms with van der Waals surface area (Å²) in [5.74, 6) is 0.218. The van der Waals surface area contributed by atoms with E-state index < -0.39 is 9.84 Å². The number of amides is 2. The Morgan fingerprint density at radius 1 is 1.09 bits per heavy atom. The minimum atomic E-state index is -3.06. The maximum Gasteiger partial charge on any atom is 0.253 e. The number of hydrogen-bond acceptors (Lipinski definition) is 6. The zero-order valence-electron chi connectivity index (χ0n) is 17.6. The van der Waals surface area contributed by atoms with Crippen LogP contribution in [0.2, 0.25) is 0 Å². The summed E-state index contributed by atoms with van der Waals surface area (Å²) in [7, 11) is -1.41. The number of carbonyl (C=O) groups is 2. The van der Waals surface area contributed by atoms with Gasteiger partial charge in [-0.2, -0.15) is 4.98 Å². The van der Waals surface area contributed by atoms with Gasteiger partial charge < -0.3 is 4.90 Å². The lowest BCUT2D eigenvalue weighted by molar-refractivity contribution is -0.117. The van der Waals surface area contributed by atoms with Gasteiger partial charge in [0.05, 0.1) is 17.2 Å². The highest BCUT2D eigenvalue weighted by Gasteiger charge is 2.33. The first-order valence-electron chi connectivity index (χ1n) is 10.6. The van der Waals surface area contributed by atoms with Gasteiger partial charge >= 0.3 is 0 Å². The number of sulfone groups is 1. The van der Waals surface area contributed by atoms with Gasteiger partial charge in [-0.3, -0.25) is 14.9 Å². The second-order valence-corrected chi connectivity index (χ2v) is 10.7. The van der Waals surface area contributed by atoms with Crippen molar-refractivity contribution < 1.29 is 18.0 Å². The van der Waals surface area contributed by atoms with Crippen LogP contribution < -0.4 is 5.32 Å². The molecule has 0 spiro atoms. The van der Waals surface area contributed by atoms with E-state index in [2.05, 4.69) is 15.4 Å². The van der Waals surface area contributed by atoms with Crippen LogP contribution >= 0.6 is 0 Å². The Bertz CT molecular complexity index is 1310. The molecule has 1 N–H and O–H groups in total. The molecule has 1 aliphatic carbocycles. The Morgan fingerprint density at radius 3 is 2.50 bits per heavy atom. The molecule has 1 saturated heterocycles. The molecule has 3 aromatic rings. The van der Waals surface area contributed by atoms with Gasteiger partial charge in [-0.05, 0) is 43.5 Å². The van der Waals surface area contributed by atoms with Crippen LogP contribution in [-0.4, -0.2) is 64.3 Å². The first-order valence-corrected chi connectivity index (χ1v) is 12.4. The molecular weight excluding hydrogens is 430 g/mol. The summed E-state index contributed by atoms with van der Waals surface area (Å²) in [5, 5.41) is 7.20. The monoisotopic (exact) mass is 453 g/mol. The van der Waals surface area contributed by atoms with Crippen molar-refractivity contribution in [1.82, 2.24) is 19.5 Å². The molecule has 2 fully saturated rings. The summed E-state index contributed by atoms with van der Waals surface area (Å²) in [5.41, 5.74) is 2.71. The van der Waals surface area contributed by atoms with E-state index in [1.165, 1.54) is 4.90 Å². The van der Waals surface area contributed by atoms with Gasteiger partial charge in [0.15, 0.2) is 15.5 Å². The van der Waals surface area contributed by atoms with Crippen molar-refractivity contribution in [2.24, 2.45) is 5.92 Å². The summed E-state index contributed by atoms with van der Waals surface area (Å²) in [6.45, 7) is 0. The third-order valence-corrected chi connectivity index (χ3v) is 7.80. The van der Waals surface area contributed by atoms with Crippen LogP contribution in [0.3, 0.4) is 0 Å². The molecule has 2 amide bonds. The average molecular weight is 454 g/mol. The summed E-state index contributed by atoms with van der Waals surface area (Å²) in [6.07, 6.45) is 2.28. The quantitative estimate of drug-likeness (QED) is 0.632. The van der Waals surface area contributed by atoms with Gasteiger partial charge in [-0.15, -0.1) is 5.10 Å². The molecule has 1 unspecified atom stereocenters. The van der Waals surface area contributed by atoms with Crippen LogP contribution in [0, 0.1) is 5.92 Å². The second-order valence-electron chi connectivity index (χ2n) is 8.43. The number of aromatic nitrogens is 3. The standard InChI is InChI=1S/C22H23N5O4S/c1-26(17-11-12-32(30,31)13-17)21(29)16-9-5-14(6-10-16)18-3-2-4-19-23-22(25-27(18)19)24-20(28)15-7-8-15/h2-6,9-10,15,17H,7-8,11-13H2,1H3,(H,24,25,28). The summed E-state index contributed by atoms with van der Waals surface area (Å²) >= 11 is 0. The van der Waals surface area contributed by atoms with E-state index in [4.69, 9.17) is 0 Å². The molecular formula is C22H23N5O4S. The van der Waals surface area contributed by atoms with Crippen LogP contribution in [0.1, 0.15) is 29.6 Å². The predicted molar refractivity (Wildman–Crippen MR) is 119 cm³/mol. The highest BCUT2D eigenvalue weighted by atomic mass is 32.2. The third kappa shape index (κ3) is 3.97. The molecule has 1 aromatic carbocycles. The minimum absolute atomic E-state index is 0.0151. The van der Waals surface area contributed by atoms with E-state index in [0.717, 1.165) is 24.1 Å². The Balaban J connectivity index is 1.37. The van der Waals surface area contributed by atoms with E-state index in [1.54, 1.807) is 23.7 Å². The van der Waals surface area contributed by atoms with E-state index in [1.807, 2.05) is 30.3 Å². The molecule has 2 aliphatic rings. The van der Waals surface area contributed by atoms with Crippen LogP contribution in [0.25, 0.3) is 16.9 Å². The van der Waals surface area contributed by atoms with Crippen LogP contribution in [-0.2, 0) is 14.6 Å². The molecule has 1 aliphatic heterocycles. The fraction of sp³-hybridized carbons (Fsp3) is 0.364. The first-order chi connectivity index (χ1) is 15.3. The van der Waals surface area contributed by atoms with E-state index in [-0.39, 0.29) is 41.2 Å². The van der Waals surface area contributed by atoms with E-state index >= 15 is 0 Å².